The highest BCUT2D eigenvalue weighted by Gasteiger charge is 2.21. The van der Waals surface area contributed by atoms with E-state index in [0.717, 1.165) is 38.5 Å². The van der Waals surface area contributed by atoms with E-state index in [1.165, 1.54) is 6.26 Å². The molecule has 3 rings (SSSR count). The zero-order valence-electron chi connectivity index (χ0n) is 15.9. The maximum atomic E-state index is 12.5. The third-order valence-corrected chi connectivity index (χ3v) is 4.54. The average molecular weight is 360 g/mol. The van der Waals surface area contributed by atoms with Crippen LogP contribution in [0.1, 0.15) is 36.0 Å². The number of hydrogen-bond acceptors (Lipinski definition) is 6. The molecule has 0 aliphatic carbocycles. The summed E-state index contributed by atoms with van der Waals surface area (Å²) in [4.78, 5) is 23.2. The van der Waals surface area contributed by atoms with Crippen molar-refractivity contribution in [1.82, 2.24) is 19.7 Å². The Bertz CT molecular complexity index is 687. The zero-order valence-corrected chi connectivity index (χ0v) is 15.9. The van der Waals surface area contributed by atoms with Crippen LogP contribution in [0, 0.1) is 5.92 Å². The second kappa shape index (κ2) is 8.51. The zero-order chi connectivity index (χ0) is 18.5. The van der Waals surface area contributed by atoms with Crippen LogP contribution in [0.25, 0.3) is 0 Å². The van der Waals surface area contributed by atoms with Crippen LogP contribution in [0.2, 0.25) is 0 Å². The van der Waals surface area contributed by atoms with Crippen molar-refractivity contribution in [3.63, 3.8) is 0 Å². The maximum absolute atomic E-state index is 12.5. The van der Waals surface area contributed by atoms with Crippen LogP contribution < -0.4 is 0 Å². The molecule has 1 saturated heterocycles. The maximum Gasteiger partial charge on any atom is 0.275 e. The van der Waals surface area contributed by atoms with Gasteiger partial charge in [-0.2, -0.15) is 0 Å². The van der Waals surface area contributed by atoms with Gasteiger partial charge in [-0.1, -0.05) is 13.8 Å². The average Bonchev–Trinajstić information content (AvgIpc) is 3.27. The number of carbonyl (C=O) groups is 1. The second-order valence-corrected chi connectivity index (χ2v) is 7.34. The summed E-state index contributed by atoms with van der Waals surface area (Å²) in [7, 11) is 1.73. The molecule has 26 heavy (non-hydrogen) atoms. The number of nitrogens with zero attached hydrogens (tertiary/aromatic N) is 4. The summed E-state index contributed by atoms with van der Waals surface area (Å²) in [5.74, 6) is 1.86. The molecule has 1 amide bonds. The molecular formula is C19H28N4O3. The van der Waals surface area contributed by atoms with E-state index < -0.39 is 0 Å². The number of piperazine rings is 1. The van der Waals surface area contributed by atoms with Gasteiger partial charge >= 0.3 is 0 Å². The third-order valence-electron chi connectivity index (χ3n) is 4.54. The summed E-state index contributed by atoms with van der Waals surface area (Å²) >= 11 is 0. The Labute approximate surface area is 154 Å². The quantitative estimate of drug-likeness (QED) is 0.755. The standard InChI is InChI=1S/C19H28N4O3/c1-15(2)11-22-6-8-23(9-7-22)13-18-20-17(14-26-18)19(24)21(3)12-16-5-4-10-25-16/h4-5,10,14-15H,6-9,11-13H2,1-3H3. The topological polar surface area (TPSA) is 66.0 Å². The van der Waals surface area contributed by atoms with Gasteiger partial charge in [0.25, 0.3) is 5.91 Å². The minimum atomic E-state index is -0.168. The summed E-state index contributed by atoms with van der Waals surface area (Å²) in [5.41, 5.74) is 0.340. The van der Waals surface area contributed by atoms with Crippen LogP contribution in [0.4, 0.5) is 0 Å². The van der Waals surface area contributed by atoms with Crippen LogP contribution in [0.5, 0.6) is 0 Å². The van der Waals surface area contributed by atoms with Gasteiger partial charge in [-0.15, -0.1) is 0 Å². The van der Waals surface area contributed by atoms with Crippen LogP contribution in [-0.4, -0.2) is 65.4 Å². The van der Waals surface area contributed by atoms with Gasteiger partial charge in [-0.25, -0.2) is 4.98 Å². The van der Waals surface area contributed by atoms with Crippen molar-refractivity contribution in [2.24, 2.45) is 5.92 Å². The Morgan fingerprint density at radius 3 is 2.62 bits per heavy atom. The van der Waals surface area contributed by atoms with E-state index in [4.69, 9.17) is 8.83 Å². The van der Waals surface area contributed by atoms with Crippen molar-refractivity contribution >= 4 is 5.91 Å². The molecule has 0 atom stereocenters. The fourth-order valence-electron chi connectivity index (χ4n) is 3.22. The summed E-state index contributed by atoms with van der Waals surface area (Å²) in [6.45, 7) is 10.8. The lowest BCUT2D eigenvalue weighted by Gasteiger charge is -2.34. The van der Waals surface area contributed by atoms with E-state index in [1.807, 2.05) is 12.1 Å². The second-order valence-electron chi connectivity index (χ2n) is 7.34. The minimum Gasteiger partial charge on any atom is -0.467 e. The molecule has 2 aromatic heterocycles. The lowest BCUT2D eigenvalue weighted by Crippen LogP contribution is -2.46. The molecule has 0 N–H and O–H groups in total. The van der Waals surface area contributed by atoms with Gasteiger partial charge < -0.3 is 18.6 Å². The first-order valence-electron chi connectivity index (χ1n) is 9.18. The van der Waals surface area contributed by atoms with Crippen molar-refractivity contribution in [3.8, 4) is 0 Å². The van der Waals surface area contributed by atoms with Crippen molar-refractivity contribution in [1.29, 1.82) is 0 Å². The molecule has 3 heterocycles. The first kappa shape index (κ1) is 18.7. The number of oxazole rings is 1. The van der Waals surface area contributed by atoms with Gasteiger partial charge in [0, 0.05) is 39.8 Å². The molecular weight excluding hydrogens is 332 g/mol. The SMILES string of the molecule is CC(C)CN1CCN(Cc2nc(C(=O)N(C)Cc3ccco3)co2)CC1. The summed E-state index contributed by atoms with van der Waals surface area (Å²) in [6.07, 6.45) is 3.05. The third kappa shape index (κ3) is 4.95. The van der Waals surface area contributed by atoms with E-state index >= 15 is 0 Å². The summed E-state index contributed by atoms with van der Waals surface area (Å²) in [6, 6.07) is 3.65. The Kier molecular flexibility index (Phi) is 6.11. The number of furan rings is 1. The highest BCUT2D eigenvalue weighted by molar-refractivity contribution is 5.91. The Morgan fingerprint density at radius 1 is 1.23 bits per heavy atom. The number of amides is 1. The molecule has 2 aromatic rings. The first-order chi connectivity index (χ1) is 12.5. The highest BCUT2D eigenvalue weighted by Crippen LogP contribution is 2.12. The number of carbonyl (C=O) groups excluding carboxylic acids is 1. The first-order valence-corrected chi connectivity index (χ1v) is 9.18. The van der Waals surface area contributed by atoms with E-state index in [2.05, 4.69) is 28.6 Å². The van der Waals surface area contributed by atoms with Crippen molar-refractivity contribution in [2.75, 3.05) is 39.8 Å². The fraction of sp³-hybridized carbons (Fsp3) is 0.579. The van der Waals surface area contributed by atoms with Crippen molar-refractivity contribution < 1.29 is 13.6 Å². The van der Waals surface area contributed by atoms with Crippen LogP contribution in [0.15, 0.2) is 33.5 Å². The van der Waals surface area contributed by atoms with E-state index in [1.54, 1.807) is 18.2 Å². The van der Waals surface area contributed by atoms with Gasteiger partial charge in [0.2, 0.25) is 5.89 Å². The molecule has 0 radical (unpaired) electrons. The predicted octanol–water partition coefficient (Wildman–Crippen LogP) is 2.31. The number of rotatable bonds is 7. The lowest BCUT2D eigenvalue weighted by atomic mass is 10.2. The number of aromatic nitrogens is 1. The molecule has 7 nitrogen and oxygen atoms in total. The van der Waals surface area contributed by atoms with Gasteiger partial charge in [-0.3, -0.25) is 9.69 Å². The van der Waals surface area contributed by atoms with Crippen molar-refractivity contribution in [3.05, 3.63) is 42.0 Å². The molecule has 0 spiro atoms. The molecule has 0 aromatic carbocycles. The van der Waals surface area contributed by atoms with E-state index in [9.17, 15) is 4.79 Å². The molecule has 0 bridgehead atoms. The van der Waals surface area contributed by atoms with Crippen LogP contribution in [-0.2, 0) is 13.1 Å². The largest absolute Gasteiger partial charge is 0.467 e. The van der Waals surface area contributed by atoms with E-state index in [-0.39, 0.29) is 5.91 Å². The monoisotopic (exact) mass is 360 g/mol. The number of hydrogen-bond donors (Lipinski definition) is 0. The molecule has 7 heteroatoms. The molecule has 142 valence electrons. The Morgan fingerprint density at radius 2 is 1.96 bits per heavy atom. The predicted molar refractivity (Wildman–Crippen MR) is 97.6 cm³/mol. The smallest absolute Gasteiger partial charge is 0.275 e. The minimum absolute atomic E-state index is 0.168. The van der Waals surface area contributed by atoms with Gasteiger partial charge in [0.05, 0.1) is 19.4 Å². The molecule has 1 aliphatic heterocycles. The Hall–Kier alpha value is -2.12. The lowest BCUT2D eigenvalue weighted by molar-refractivity contribution is 0.0769. The summed E-state index contributed by atoms with van der Waals surface area (Å²) in [5, 5.41) is 0. The highest BCUT2D eigenvalue weighted by atomic mass is 16.3. The van der Waals surface area contributed by atoms with Crippen molar-refractivity contribution in [2.45, 2.75) is 26.9 Å². The van der Waals surface area contributed by atoms with E-state index in [0.29, 0.717) is 30.6 Å². The van der Waals surface area contributed by atoms with Crippen LogP contribution >= 0.6 is 0 Å². The van der Waals surface area contributed by atoms with Gasteiger partial charge in [-0.05, 0) is 18.1 Å². The molecule has 0 saturated carbocycles. The van der Waals surface area contributed by atoms with Gasteiger partial charge in [0.1, 0.15) is 12.0 Å². The summed E-state index contributed by atoms with van der Waals surface area (Å²) < 4.78 is 10.8. The Balaban J connectivity index is 1.49. The van der Waals surface area contributed by atoms with Crippen LogP contribution in [0.3, 0.4) is 0 Å². The normalized spacial score (nSPS) is 16.3. The molecule has 1 fully saturated rings. The molecule has 1 aliphatic rings. The fourth-order valence-corrected chi connectivity index (χ4v) is 3.22. The van der Waals surface area contributed by atoms with Gasteiger partial charge in [0.15, 0.2) is 5.69 Å². The molecule has 0 unspecified atom stereocenters.